The van der Waals surface area contributed by atoms with Crippen molar-refractivity contribution in [3.63, 3.8) is 0 Å². The first kappa shape index (κ1) is 13.7. The number of phenols is 1. The number of hydrogen-bond donors (Lipinski definition) is 1. The highest BCUT2D eigenvalue weighted by atomic mass is 16.3. The predicted molar refractivity (Wildman–Crippen MR) is 77.5 cm³/mol. The number of rotatable bonds is 4. The minimum absolute atomic E-state index is 0.0534. The van der Waals surface area contributed by atoms with Crippen LogP contribution in [0.4, 0.5) is 0 Å². The number of hydrogen-bond acceptors (Lipinski definition) is 3. The third kappa shape index (κ3) is 3.01. The molecule has 0 saturated carbocycles. The predicted octanol–water partition coefficient (Wildman–Crippen LogP) is 3.25. The van der Waals surface area contributed by atoms with Crippen molar-refractivity contribution < 1.29 is 14.7 Å². The number of carbonyl (C=O) groups is 2. The number of carbonyl (C=O) groups excluding carboxylic acids is 2. The summed E-state index contributed by atoms with van der Waals surface area (Å²) in [4.78, 5) is 24.1. The van der Waals surface area contributed by atoms with E-state index < -0.39 is 5.78 Å². The van der Waals surface area contributed by atoms with E-state index in [2.05, 4.69) is 0 Å². The van der Waals surface area contributed by atoms with Crippen LogP contribution in [0.5, 0.6) is 5.75 Å². The Morgan fingerprint density at radius 3 is 2.15 bits per heavy atom. The van der Waals surface area contributed by atoms with Gasteiger partial charge in [-0.2, -0.15) is 0 Å². The summed E-state index contributed by atoms with van der Waals surface area (Å²) in [6.07, 6.45) is 1.54. The molecule has 20 heavy (non-hydrogen) atoms. The zero-order valence-electron chi connectivity index (χ0n) is 11.0. The number of allylic oxidation sites excluding steroid dienone is 1. The maximum absolute atomic E-state index is 12.4. The van der Waals surface area contributed by atoms with Crippen LogP contribution in [0, 0.1) is 0 Å². The van der Waals surface area contributed by atoms with Gasteiger partial charge in [-0.3, -0.25) is 9.59 Å². The lowest BCUT2D eigenvalue weighted by molar-refractivity contribution is -0.113. The van der Waals surface area contributed by atoms with E-state index in [1.807, 2.05) is 18.2 Å². The molecule has 0 saturated heterocycles. The van der Waals surface area contributed by atoms with Crippen LogP contribution in [0.15, 0.2) is 60.2 Å². The average Bonchev–Trinajstić information content (AvgIpc) is 2.45. The highest BCUT2D eigenvalue weighted by molar-refractivity contribution is 6.29. The van der Waals surface area contributed by atoms with Crippen LogP contribution in [-0.2, 0) is 4.79 Å². The van der Waals surface area contributed by atoms with Crippen LogP contribution in [0.1, 0.15) is 22.8 Å². The van der Waals surface area contributed by atoms with E-state index in [0.29, 0.717) is 0 Å². The Balaban J connectivity index is 2.45. The zero-order chi connectivity index (χ0) is 14.5. The Hall–Kier alpha value is -2.68. The standard InChI is InChI=1S/C17H14O3/c1-12(18)15(11-13-7-3-2-4-8-13)17(20)14-9-5-6-10-16(14)19/h2-11,19H,1H3. The maximum atomic E-state index is 12.4. The molecule has 3 nitrogen and oxygen atoms in total. The molecule has 0 radical (unpaired) electrons. The van der Waals surface area contributed by atoms with Crippen LogP contribution in [0.25, 0.3) is 6.08 Å². The van der Waals surface area contributed by atoms with Gasteiger partial charge in [-0.25, -0.2) is 0 Å². The van der Waals surface area contributed by atoms with Gasteiger partial charge in [0.05, 0.1) is 11.1 Å². The smallest absolute Gasteiger partial charge is 0.200 e. The van der Waals surface area contributed by atoms with Gasteiger partial charge < -0.3 is 5.11 Å². The fourth-order valence-electron chi connectivity index (χ4n) is 1.85. The SMILES string of the molecule is CC(=O)C(=Cc1ccccc1)C(=O)c1ccccc1O. The molecule has 0 spiro atoms. The number of aromatic hydroxyl groups is 1. The van der Waals surface area contributed by atoms with Crippen LogP contribution in [0.3, 0.4) is 0 Å². The summed E-state index contributed by atoms with van der Waals surface area (Å²) in [5.74, 6) is -0.931. The molecule has 1 N–H and O–H groups in total. The van der Waals surface area contributed by atoms with E-state index in [-0.39, 0.29) is 22.7 Å². The van der Waals surface area contributed by atoms with Crippen molar-refractivity contribution in [1.82, 2.24) is 0 Å². The molecule has 0 amide bonds. The number of benzene rings is 2. The monoisotopic (exact) mass is 266 g/mol. The first-order chi connectivity index (χ1) is 9.59. The molecule has 0 aliphatic heterocycles. The minimum Gasteiger partial charge on any atom is -0.507 e. The van der Waals surface area contributed by atoms with E-state index in [1.165, 1.54) is 25.1 Å². The molecule has 0 heterocycles. The molecule has 2 aromatic carbocycles. The second-order valence-electron chi connectivity index (χ2n) is 4.37. The Bertz CT molecular complexity index is 670. The quantitative estimate of drug-likeness (QED) is 0.400. The molecule has 0 bridgehead atoms. The number of Topliss-reactive ketones (excluding diaryl/α,β-unsaturated/α-hetero) is 2. The van der Waals surface area contributed by atoms with E-state index in [1.54, 1.807) is 24.3 Å². The highest BCUT2D eigenvalue weighted by Gasteiger charge is 2.19. The molecule has 0 atom stereocenters. The first-order valence-electron chi connectivity index (χ1n) is 6.20. The molecule has 3 heteroatoms. The Morgan fingerprint density at radius 1 is 0.950 bits per heavy atom. The van der Waals surface area contributed by atoms with E-state index in [0.717, 1.165) is 5.56 Å². The summed E-state index contributed by atoms with van der Waals surface area (Å²) in [6.45, 7) is 1.34. The molecular weight excluding hydrogens is 252 g/mol. The summed E-state index contributed by atoms with van der Waals surface area (Å²) in [5, 5.41) is 9.72. The third-order valence-corrected chi connectivity index (χ3v) is 2.88. The largest absolute Gasteiger partial charge is 0.507 e. The summed E-state index contributed by atoms with van der Waals surface area (Å²) in [6, 6.07) is 15.3. The van der Waals surface area contributed by atoms with Gasteiger partial charge in [-0.15, -0.1) is 0 Å². The van der Waals surface area contributed by atoms with Crippen LogP contribution in [0.2, 0.25) is 0 Å². The van der Waals surface area contributed by atoms with Gasteiger partial charge in [0, 0.05) is 0 Å². The van der Waals surface area contributed by atoms with Crippen LogP contribution >= 0.6 is 0 Å². The van der Waals surface area contributed by atoms with E-state index >= 15 is 0 Å². The Kier molecular flexibility index (Phi) is 4.11. The molecule has 0 fully saturated rings. The van der Waals surface area contributed by atoms with Crippen molar-refractivity contribution in [3.05, 3.63) is 71.3 Å². The molecule has 0 aliphatic rings. The molecule has 2 rings (SSSR count). The zero-order valence-corrected chi connectivity index (χ0v) is 11.0. The second kappa shape index (κ2) is 5.97. The fourth-order valence-corrected chi connectivity index (χ4v) is 1.85. The topological polar surface area (TPSA) is 54.4 Å². The summed E-state index contributed by atoms with van der Waals surface area (Å²) in [5.41, 5.74) is 0.948. The normalized spacial score (nSPS) is 11.2. The molecule has 0 aromatic heterocycles. The fraction of sp³-hybridized carbons (Fsp3) is 0.0588. The van der Waals surface area contributed by atoms with Gasteiger partial charge in [0.15, 0.2) is 11.6 Å². The number of phenolic OH excluding ortho intramolecular Hbond substituents is 1. The van der Waals surface area contributed by atoms with Crippen molar-refractivity contribution in [3.8, 4) is 5.75 Å². The molecular formula is C17H14O3. The maximum Gasteiger partial charge on any atom is 0.200 e. The van der Waals surface area contributed by atoms with Gasteiger partial charge in [0.2, 0.25) is 0 Å². The molecule has 100 valence electrons. The summed E-state index contributed by atoms with van der Waals surface area (Å²) < 4.78 is 0. The second-order valence-corrected chi connectivity index (χ2v) is 4.37. The molecule has 0 unspecified atom stereocenters. The minimum atomic E-state index is -0.473. The molecule has 0 aliphatic carbocycles. The van der Waals surface area contributed by atoms with Crippen molar-refractivity contribution >= 4 is 17.6 Å². The summed E-state index contributed by atoms with van der Waals surface area (Å²) in [7, 11) is 0. The lowest BCUT2D eigenvalue weighted by Gasteiger charge is -2.05. The number of ketones is 2. The Labute approximate surface area is 117 Å². The molecule has 2 aromatic rings. The lowest BCUT2D eigenvalue weighted by atomic mass is 9.97. The van der Waals surface area contributed by atoms with E-state index in [4.69, 9.17) is 0 Å². The Morgan fingerprint density at radius 2 is 1.55 bits per heavy atom. The van der Waals surface area contributed by atoms with Crippen LogP contribution < -0.4 is 0 Å². The van der Waals surface area contributed by atoms with E-state index in [9.17, 15) is 14.7 Å². The first-order valence-corrected chi connectivity index (χ1v) is 6.20. The van der Waals surface area contributed by atoms with Crippen molar-refractivity contribution in [2.45, 2.75) is 6.92 Å². The highest BCUT2D eigenvalue weighted by Crippen LogP contribution is 2.21. The van der Waals surface area contributed by atoms with Crippen LogP contribution in [-0.4, -0.2) is 16.7 Å². The average molecular weight is 266 g/mol. The van der Waals surface area contributed by atoms with Gasteiger partial charge in [0.25, 0.3) is 0 Å². The number of para-hydroxylation sites is 1. The summed E-state index contributed by atoms with van der Waals surface area (Å²) >= 11 is 0. The lowest BCUT2D eigenvalue weighted by Crippen LogP contribution is -2.10. The van der Waals surface area contributed by atoms with Crippen molar-refractivity contribution in [2.24, 2.45) is 0 Å². The third-order valence-electron chi connectivity index (χ3n) is 2.88. The van der Waals surface area contributed by atoms with Crippen molar-refractivity contribution in [2.75, 3.05) is 0 Å². The van der Waals surface area contributed by atoms with Gasteiger partial charge in [0.1, 0.15) is 5.75 Å². The van der Waals surface area contributed by atoms with Gasteiger partial charge in [-0.1, -0.05) is 42.5 Å². The van der Waals surface area contributed by atoms with Crippen molar-refractivity contribution in [1.29, 1.82) is 0 Å². The van der Waals surface area contributed by atoms with Gasteiger partial charge >= 0.3 is 0 Å². The van der Waals surface area contributed by atoms with Gasteiger partial charge in [-0.05, 0) is 30.7 Å².